The second kappa shape index (κ2) is 3.57. The van der Waals surface area contributed by atoms with Crippen molar-refractivity contribution >= 4 is 27.5 Å². The lowest BCUT2D eigenvalue weighted by molar-refractivity contribution is 0.101. The van der Waals surface area contributed by atoms with Gasteiger partial charge < -0.3 is 5.73 Å². The summed E-state index contributed by atoms with van der Waals surface area (Å²) in [5, 5.41) is 0.0164. The third kappa shape index (κ3) is 1.76. The number of alkyl halides is 1. The van der Waals surface area contributed by atoms with E-state index in [4.69, 9.17) is 5.73 Å². The summed E-state index contributed by atoms with van der Waals surface area (Å²) in [6.07, 6.45) is 1.14. The number of carbonyl (C=O) groups excluding carboxylic acids is 1. The fraction of sp³-hybridized carbons (Fsp3) is 0.167. The lowest BCUT2D eigenvalue weighted by Crippen LogP contribution is -2.09. The smallest absolute Gasteiger partial charge is 0.244 e. The van der Waals surface area contributed by atoms with Crippen LogP contribution in [0.4, 0.5) is 10.2 Å². The molecular weight excluding hydrogens is 229 g/mol. The van der Waals surface area contributed by atoms with Gasteiger partial charge in [-0.05, 0) is 0 Å². The van der Waals surface area contributed by atoms with Crippen LogP contribution < -0.4 is 5.73 Å². The third-order valence-corrected chi connectivity index (χ3v) is 1.64. The van der Waals surface area contributed by atoms with Gasteiger partial charge in [0.15, 0.2) is 11.5 Å². The summed E-state index contributed by atoms with van der Waals surface area (Å²) in [7, 11) is 0. The zero-order chi connectivity index (χ0) is 9.14. The van der Waals surface area contributed by atoms with Crippen molar-refractivity contribution in [1.29, 1.82) is 0 Å². The second-order valence-corrected chi connectivity index (χ2v) is 2.55. The molecule has 0 aliphatic rings. The Hall–Kier alpha value is -1.04. The molecule has 0 aliphatic carbocycles. The van der Waals surface area contributed by atoms with E-state index in [9.17, 15) is 9.18 Å². The van der Waals surface area contributed by atoms with Gasteiger partial charge in [-0.3, -0.25) is 4.79 Å². The van der Waals surface area contributed by atoms with Gasteiger partial charge in [0.25, 0.3) is 0 Å². The molecule has 0 radical (unpaired) electrons. The summed E-state index contributed by atoms with van der Waals surface area (Å²) >= 11 is 2.89. The molecule has 0 saturated carbocycles. The SMILES string of the molecule is Nc1cnc(C(=O)CBr)c(F)n1. The normalized spacial score (nSPS) is 9.83. The number of carbonyl (C=O) groups is 1. The van der Waals surface area contributed by atoms with E-state index in [1.165, 1.54) is 0 Å². The van der Waals surface area contributed by atoms with Crippen LogP contribution >= 0.6 is 15.9 Å². The zero-order valence-electron chi connectivity index (χ0n) is 5.92. The number of rotatable bonds is 2. The molecule has 0 saturated heterocycles. The van der Waals surface area contributed by atoms with E-state index < -0.39 is 11.7 Å². The number of halogens is 2. The fourth-order valence-electron chi connectivity index (χ4n) is 0.629. The van der Waals surface area contributed by atoms with Gasteiger partial charge >= 0.3 is 0 Å². The van der Waals surface area contributed by atoms with Crippen LogP contribution in [0.1, 0.15) is 10.5 Å². The Morgan fingerprint density at radius 2 is 2.42 bits per heavy atom. The Morgan fingerprint density at radius 1 is 1.75 bits per heavy atom. The van der Waals surface area contributed by atoms with E-state index in [0.29, 0.717) is 0 Å². The average Bonchev–Trinajstić information content (AvgIpc) is 2.03. The first-order chi connectivity index (χ1) is 5.65. The highest BCUT2D eigenvalue weighted by Crippen LogP contribution is 2.05. The predicted molar refractivity (Wildman–Crippen MR) is 44.5 cm³/mol. The summed E-state index contributed by atoms with van der Waals surface area (Å²) < 4.78 is 12.8. The van der Waals surface area contributed by atoms with E-state index in [2.05, 4.69) is 25.9 Å². The molecule has 0 amide bonds. The molecule has 0 aromatic carbocycles. The number of hydrogen-bond acceptors (Lipinski definition) is 4. The first-order valence-electron chi connectivity index (χ1n) is 3.02. The van der Waals surface area contributed by atoms with Crippen molar-refractivity contribution in [1.82, 2.24) is 9.97 Å². The summed E-state index contributed by atoms with van der Waals surface area (Å²) in [6.45, 7) is 0. The van der Waals surface area contributed by atoms with Crippen LogP contribution in [0, 0.1) is 5.95 Å². The number of hydrogen-bond donors (Lipinski definition) is 1. The molecule has 6 heteroatoms. The van der Waals surface area contributed by atoms with E-state index in [0.717, 1.165) is 6.20 Å². The molecule has 1 aromatic heterocycles. The first kappa shape index (κ1) is 9.05. The predicted octanol–water partition coefficient (Wildman–Crippen LogP) is 0.776. The molecule has 0 fully saturated rings. The highest BCUT2D eigenvalue weighted by Gasteiger charge is 2.13. The van der Waals surface area contributed by atoms with Crippen LogP contribution in [-0.2, 0) is 0 Å². The van der Waals surface area contributed by atoms with Crippen LogP contribution in [0.2, 0.25) is 0 Å². The molecule has 0 unspecified atom stereocenters. The Kier molecular flexibility index (Phi) is 2.69. The minimum absolute atomic E-state index is 0.0164. The minimum atomic E-state index is -0.931. The number of Topliss-reactive ketones (excluding diaryl/α,β-unsaturated/α-hetero) is 1. The van der Waals surface area contributed by atoms with Crippen LogP contribution in [-0.4, -0.2) is 21.1 Å². The quantitative estimate of drug-likeness (QED) is 0.606. The molecule has 0 atom stereocenters. The molecule has 1 aromatic rings. The molecule has 4 nitrogen and oxygen atoms in total. The summed E-state index contributed by atoms with van der Waals surface area (Å²) in [5.74, 6) is -1.43. The van der Waals surface area contributed by atoms with E-state index in [1.807, 2.05) is 0 Å². The maximum absolute atomic E-state index is 12.8. The Bertz CT molecular complexity index is 318. The number of nitrogen functional groups attached to an aromatic ring is 1. The molecule has 0 aliphatic heterocycles. The van der Waals surface area contributed by atoms with Crippen molar-refractivity contribution in [3.8, 4) is 0 Å². The van der Waals surface area contributed by atoms with Gasteiger partial charge in [0.1, 0.15) is 5.82 Å². The zero-order valence-corrected chi connectivity index (χ0v) is 7.51. The number of ketones is 1. The van der Waals surface area contributed by atoms with Gasteiger partial charge in [-0.1, -0.05) is 15.9 Å². The molecule has 0 spiro atoms. The Balaban J connectivity index is 3.09. The molecule has 64 valence electrons. The largest absolute Gasteiger partial charge is 0.382 e. The number of nitrogens with zero attached hydrogens (tertiary/aromatic N) is 2. The first-order valence-corrected chi connectivity index (χ1v) is 4.14. The fourth-order valence-corrected chi connectivity index (χ4v) is 0.895. The Labute approximate surface area is 76.1 Å². The Morgan fingerprint density at radius 3 is 2.92 bits per heavy atom. The average molecular weight is 234 g/mol. The standard InChI is InChI=1S/C6H5BrFN3O/c7-1-3(12)5-6(8)11-4(9)2-10-5/h2H,1H2,(H2,9,11). The second-order valence-electron chi connectivity index (χ2n) is 1.99. The van der Waals surface area contributed by atoms with Crippen molar-refractivity contribution in [2.45, 2.75) is 0 Å². The highest BCUT2D eigenvalue weighted by atomic mass is 79.9. The summed E-state index contributed by atoms with van der Waals surface area (Å²) in [6, 6.07) is 0. The van der Waals surface area contributed by atoms with Crippen molar-refractivity contribution in [2.24, 2.45) is 0 Å². The monoisotopic (exact) mass is 233 g/mol. The number of aromatic nitrogens is 2. The third-order valence-electron chi connectivity index (χ3n) is 1.13. The lowest BCUT2D eigenvalue weighted by atomic mass is 10.3. The van der Waals surface area contributed by atoms with E-state index in [1.54, 1.807) is 0 Å². The molecule has 0 bridgehead atoms. The van der Waals surface area contributed by atoms with Gasteiger partial charge in [-0.15, -0.1) is 0 Å². The molecular formula is C6H5BrFN3O. The maximum Gasteiger partial charge on any atom is 0.244 e. The summed E-state index contributed by atoms with van der Waals surface area (Å²) in [4.78, 5) is 17.7. The maximum atomic E-state index is 12.8. The topological polar surface area (TPSA) is 68.9 Å². The van der Waals surface area contributed by atoms with Crippen LogP contribution in [0.5, 0.6) is 0 Å². The molecule has 1 rings (SSSR count). The van der Waals surface area contributed by atoms with E-state index >= 15 is 0 Å². The van der Waals surface area contributed by atoms with Crippen molar-refractivity contribution in [3.63, 3.8) is 0 Å². The summed E-state index contributed by atoms with van der Waals surface area (Å²) in [5.41, 5.74) is 4.84. The van der Waals surface area contributed by atoms with Crippen molar-refractivity contribution < 1.29 is 9.18 Å². The molecule has 1 heterocycles. The van der Waals surface area contributed by atoms with Crippen molar-refractivity contribution in [3.05, 3.63) is 17.8 Å². The van der Waals surface area contributed by atoms with Gasteiger partial charge in [-0.2, -0.15) is 9.37 Å². The van der Waals surface area contributed by atoms with Crippen molar-refractivity contribution in [2.75, 3.05) is 11.1 Å². The highest BCUT2D eigenvalue weighted by molar-refractivity contribution is 9.09. The lowest BCUT2D eigenvalue weighted by Gasteiger charge is -1.97. The van der Waals surface area contributed by atoms with Gasteiger partial charge in [0, 0.05) is 0 Å². The van der Waals surface area contributed by atoms with Gasteiger partial charge in [0.05, 0.1) is 11.5 Å². The molecule has 12 heavy (non-hydrogen) atoms. The van der Waals surface area contributed by atoms with Crippen LogP contribution in [0.25, 0.3) is 0 Å². The van der Waals surface area contributed by atoms with E-state index in [-0.39, 0.29) is 16.8 Å². The van der Waals surface area contributed by atoms with Crippen LogP contribution in [0.15, 0.2) is 6.20 Å². The number of anilines is 1. The number of nitrogens with two attached hydrogens (primary N) is 1. The van der Waals surface area contributed by atoms with Gasteiger partial charge in [-0.25, -0.2) is 4.98 Å². The van der Waals surface area contributed by atoms with Gasteiger partial charge in [0.2, 0.25) is 5.95 Å². The molecule has 2 N–H and O–H groups in total. The van der Waals surface area contributed by atoms with Crippen LogP contribution in [0.3, 0.4) is 0 Å². The minimum Gasteiger partial charge on any atom is -0.382 e.